The number of aromatic nitrogens is 1. The molecule has 0 unspecified atom stereocenters. The minimum atomic E-state index is -5.39. The number of nitrogens with two attached hydrogens (primary N) is 1. The lowest BCUT2D eigenvalue weighted by Gasteiger charge is -2.17. The molecule has 0 bridgehead atoms. The second-order valence-electron chi connectivity index (χ2n) is 3.24. The molecule has 1 heterocycles. The molecule has 0 aliphatic rings. The molecule has 1 aromatic heterocycles. The number of nitrogens with zero attached hydrogens (tertiary/aromatic N) is 1. The van der Waals surface area contributed by atoms with Crippen LogP contribution in [0.4, 0.5) is 26.3 Å². The van der Waals surface area contributed by atoms with Gasteiger partial charge < -0.3 is 10.5 Å². The molecule has 4 nitrogen and oxygen atoms in total. The van der Waals surface area contributed by atoms with Crippen molar-refractivity contribution in [3.8, 4) is 5.75 Å². The Hall–Kier alpha value is -1.84. The van der Waals surface area contributed by atoms with Crippen molar-refractivity contribution >= 4 is 6.29 Å². The van der Waals surface area contributed by atoms with E-state index in [9.17, 15) is 31.1 Å². The highest BCUT2D eigenvalue weighted by Gasteiger charge is 2.41. The summed E-state index contributed by atoms with van der Waals surface area (Å²) in [5.41, 5.74) is 1.79. The van der Waals surface area contributed by atoms with Crippen molar-refractivity contribution in [1.82, 2.24) is 4.98 Å². The van der Waals surface area contributed by atoms with Gasteiger partial charge in [-0.25, -0.2) is 4.98 Å². The molecule has 0 saturated carbocycles. The van der Waals surface area contributed by atoms with Gasteiger partial charge in [-0.3, -0.25) is 4.79 Å². The number of ether oxygens (including phenoxy) is 1. The highest BCUT2D eigenvalue weighted by molar-refractivity contribution is 5.77. The Morgan fingerprint density at radius 3 is 2.21 bits per heavy atom. The second-order valence-corrected chi connectivity index (χ2v) is 3.24. The third-order valence-corrected chi connectivity index (χ3v) is 1.90. The quantitative estimate of drug-likeness (QED) is 0.684. The van der Waals surface area contributed by atoms with E-state index < -0.39 is 36.1 Å². The van der Waals surface area contributed by atoms with Crippen molar-refractivity contribution < 1.29 is 35.9 Å². The number of carbonyl (C=O) groups excluding carboxylic acids is 1. The number of halogens is 6. The number of alkyl halides is 6. The van der Waals surface area contributed by atoms with E-state index in [0.717, 1.165) is 0 Å². The fraction of sp³-hybridized carbons (Fsp3) is 0.333. The summed E-state index contributed by atoms with van der Waals surface area (Å²) in [6.07, 6.45) is -10.8. The Kier molecular flexibility index (Phi) is 4.03. The molecular weight excluding hydrogens is 282 g/mol. The summed E-state index contributed by atoms with van der Waals surface area (Å²) in [4.78, 5) is 13.8. The van der Waals surface area contributed by atoms with Crippen LogP contribution in [0, 0.1) is 0 Å². The van der Waals surface area contributed by atoms with Gasteiger partial charge in [0.2, 0.25) is 0 Å². The van der Waals surface area contributed by atoms with Gasteiger partial charge in [0.25, 0.3) is 0 Å². The van der Waals surface area contributed by atoms with E-state index in [1.54, 1.807) is 0 Å². The number of aldehydes is 1. The first-order chi connectivity index (χ1) is 8.58. The molecule has 1 rings (SSSR count). The first-order valence-electron chi connectivity index (χ1n) is 4.60. The third-order valence-electron chi connectivity index (χ3n) is 1.90. The third kappa shape index (κ3) is 3.81. The van der Waals surface area contributed by atoms with Gasteiger partial charge in [-0.1, -0.05) is 0 Å². The zero-order chi connectivity index (χ0) is 14.8. The summed E-state index contributed by atoms with van der Waals surface area (Å²) in [5, 5.41) is 0. The van der Waals surface area contributed by atoms with Crippen molar-refractivity contribution in [1.29, 1.82) is 0 Å². The number of hydrogen-bond donors (Lipinski definition) is 1. The summed E-state index contributed by atoms with van der Waals surface area (Å²) in [6, 6.07) is 0.300. The van der Waals surface area contributed by atoms with Gasteiger partial charge in [0.05, 0.1) is 5.69 Å². The lowest BCUT2D eigenvalue weighted by atomic mass is 10.1. The molecule has 0 saturated heterocycles. The molecule has 106 valence electrons. The summed E-state index contributed by atoms with van der Waals surface area (Å²) < 4.78 is 77.3. The molecule has 0 atom stereocenters. The lowest BCUT2D eigenvalue weighted by molar-refractivity contribution is -0.276. The van der Waals surface area contributed by atoms with Crippen molar-refractivity contribution in [3.05, 3.63) is 23.0 Å². The number of rotatable bonds is 3. The average molecular weight is 288 g/mol. The Morgan fingerprint density at radius 2 is 1.84 bits per heavy atom. The molecule has 0 aliphatic carbocycles. The van der Waals surface area contributed by atoms with Gasteiger partial charge in [-0.05, 0) is 6.07 Å². The van der Waals surface area contributed by atoms with Crippen LogP contribution in [0.3, 0.4) is 0 Å². The normalized spacial score (nSPS) is 12.4. The van der Waals surface area contributed by atoms with Crippen LogP contribution in [0.5, 0.6) is 5.75 Å². The standard InChI is InChI=1S/C9H6F6N2O2/c10-8(11,12)5-1-4(2-16)17-6(3-18)7(5)19-9(13,14)15/h1,3H,2,16H2. The average Bonchev–Trinajstić information content (AvgIpc) is 2.25. The van der Waals surface area contributed by atoms with Crippen LogP contribution in [-0.2, 0) is 12.7 Å². The van der Waals surface area contributed by atoms with E-state index in [1.165, 1.54) is 0 Å². The molecule has 0 spiro atoms. The highest BCUT2D eigenvalue weighted by Crippen LogP contribution is 2.39. The predicted octanol–water partition coefficient (Wildman–Crippen LogP) is 2.27. The Bertz CT molecular complexity index is 483. The zero-order valence-electron chi connectivity index (χ0n) is 8.97. The molecule has 0 aliphatic heterocycles. The van der Waals surface area contributed by atoms with Crippen molar-refractivity contribution in [2.45, 2.75) is 19.1 Å². The maximum Gasteiger partial charge on any atom is 0.573 e. The number of hydrogen-bond acceptors (Lipinski definition) is 4. The molecule has 1 aromatic rings. The summed E-state index contributed by atoms with van der Waals surface area (Å²) >= 11 is 0. The molecular formula is C9H6F6N2O2. The maximum absolute atomic E-state index is 12.6. The fourth-order valence-corrected chi connectivity index (χ4v) is 1.23. The number of pyridine rings is 1. The summed E-state index contributed by atoms with van der Waals surface area (Å²) in [7, 11) is 0. The minimum Gasteiger partial charge on any atom is -0.403 e. The van der Waals surface area contributed by atoms with Crippen molar-refractivity contribution in [3.63, 3.8) is 0 Å². The smallest absolute Gasteiger partial charge is 0.403 e. The van der Waals surface area contributed by atoms with Crippen molar-refractivity contribution in [2.75, 3.05) is 0 Å². The van der Waals surface area contributed by atoms with Crippen LogP contribution >= 0.6 is 0 Å². The van der Waals surface area contributed by atoms with Crippen LogP contribution in [0.15, 0.2) is 6.07 Å². The van der Waals surface area contributed by atoms with Gasteiger partial charge in [0.15, 0.2) is 12.0 Å². The van der Waals surface area contributed by atoms with Gasteiger partial charge in [0.1, 0.15) is 11.3 Å². The predicted molar refractivity (Wildman–Crippen MR) is 49.2 cm³/mol. The largest absolute Gasteiger partial charge is 0.573 e. The van der Waals surface area contributed by atoms with Crippen molar-refractivity contribution in [2.24, 2.45) is 5.73 Å². The zero-order valence-corrected chi connectivity index (χ0v) is 8.97. The molecule has 2 N–H and O–H groups in total. The van der Waals surface area contributed by atoms with Gasteiger partial charge >= 0.3 is 12.5 Å². The molecule has 0 fully saturated rings. The molecule has 0 amide bonds. The van der Waals surface area contributed by atoms with Crippen LogP contribution in [0.1, 0.15) is 21.7 Å². The monoisotopic (exact) mass is 288 g/mol. The SMILES string of the molecule is NCc1cc(C(F)(F)F)c(OC(F)(F)F)c(C=O)n1. The highest BCUT2D eigenvalue weighted by atomic mass is 19.4. The van der Waals surface area contributed by atoms with Gasteiger partial charge in [-0.15, -0.1) is 13.2 Å². The van der Waals surface area contributed by atoms with E-state index in [0.29, 0.717) is 6.07 Å². The van der Waals surface area contributed by atoms with Crippen LogP contribution in [-0.4, -0.2) is 17.6 Å². The summed E-state index contributed by atoms with van der Waals surface area (Å²) in [6.45, 7) is -0.476. The van der Waals surface area contributed by atoms with Crippen LogP contribution < -0.4 is 10.5 Å². The van der Waals surface area contributed by atoms with Gasteiger partial charge in [-0.2, -0.15) is 13.2 Å². The molecule has 0 radical (unpaired) electrons. The van der Waals surface area contributed by atoms with E-state index in [4.69, 9.17) is 5.73 Å². The van der Waals surface area contributed by atoms with Crippen LogP contribution in [0.25, 0.3) is 0 Å². The Morgan fingerprint density at radius 1 is 1.26 bits per heavy atom. The first kappa shape index (κ1) is 15.2. The van der Waals surface area contributed by atoms with E-state index in [2.05, 4.69) is 9.72 Å². The van der Waals surface area contributed by atoms with Gasteiger partial charge in [0, 0.05) is 6.54 Å². The second kappa shape index (κ2) is 5.03. The Labute approximate surface area is 102 Å². The van der Waals surface area contributed by atoms with E-state index in [-0.39, 0.29) is 12.0 Å². The maximum atomic E-state index is 12.6. The number of carbonyl (C=O) groups is 1. The minimum absolute atomic E-state index is 0.268. The van der Waals surface area contributed by atoms with E-state index in [1.807, 2.05) is 0 Å². The van der Waals surface area contributed by atoms with Crippen LogP contribution in [0.2, 0.25) is 0 Å². The molecule has 10 heteroatoms. The first-order valence-corrected chi connectivity index (χ1v) is 4.60. The molecule has 0 aromatic carbocycles. The van der Waals surface area contributed by atoms with E-state index >= 15 is 0 Å². The lowest BCUT2D eigenvalue weighted by Crippen LogP contribution is -2.22. The fourth-order valence-electron chi connectivity index (χ4n) is 1.23. The topological polar surface area (TPSA) is 65.2 Å². The Balaban J connectivity index is 3.51. The summed E-state index contributed by atoms with van der Waals surface area (Å²) in [5.74, 6) is -1.69. The molecule has 19 heavy (non-hydrogen) atoms.